The normalized spacial score (nSPS) is 22.6. The average molecular weight is 278 g/mol. The zero-order valence-corrected chi connectivity index (χ0v) is 13.4. The van der Waals surface area contributed by atoms with Gasteiger partial charge in [0.2, 0.25) is 0 Å². The molecule has 0 amide bonds. The van der Waals surface area contributed by atoms with Gasteiger partial charge in [0, 0.05) is 0 Å². The molecule has 0 radical (unpaired) electrons. The summed E-state index contributed by atoms with van der Waals surface area (Å²) in [7, 11) is 0. The van der Waals surface area contributed by atoms with Crippen LogP contribution >= 0.6 is 0 Å². The summed E-state index contributed by atoms with van der Waals surface area (Å²) < 4.78 is 12.0. The third kappa shape index (κ3) is 4.46. The van der Waals surface area contributed by atoms with Gasteiger partial charge < -0.3 is 9.39 Å². The van der Waals surface area contributed by atoms with Crippen molar-refractivity contribution in [3.63, 3.8) is 0 Å². The van der Waals surface area contributed by atoms with Gasteiger partial charge in [0.1, 0.15) is 0 Å². The number of hydrogen-bond donors (Lipinski definition) is 0. The second kappa shape index (κ2) is 8.64. The molecule has 0 aromatic rings. The Morgan fingerprint density at radius 3 is 1.85 bits per heavy atom. The van der Waals surface area contributed by atoms with Gasteiger partial charge in [-0.15, -0.1) is 0 Å². The van der Waals surface area contributed by atoms with Crippen molar-refractivity contribution in [3.8, 4) is 0 Å². The van der Waals surface area contributed by atoms with Gasteiger partial charge in [0.25, 0.3) is 5.95 Å². The Morgan fingerprint density at radius 1 is 0.950 bits per heavy atom. The molecule has 2 rings (SSSR count). The zero-order chi connectivity index (χ0) is 14.2. The van der Waals surface area contributed by atoms with Crippen LogP contribution in [0.5, 0.6) is 0 Å². The van der Waals surface area contributed by atoms with Crippen molar-refractivity contribution >= 4 is 6.92 Å². The Labute approximate surface area is 125 Å². The van der Waals surface area contributed by atoms with Crippen molar-refractivity contribution in [1.82, 2.24) is 0 Å². The van der Waals surface area contributed by atoms with E-state index in [-0.39, 0.29) is 0 Å². The van der Waals surface area contributed by atoms with Crippen LogP contribution in [0.15, 0.2) is 12.0 Å². The lowest BCUT2D eigenvalue weighted by Gasteiger charge is -2.35. The van der Waals surface area contributed by atoms with Crippen LogP contribution in [0.4, 0.5) is 0 Å². The molecule has 0 bridgehead atoms. The third-order valence-corrected chi connectivity index (χ3v) is 5.00. The highest BCUT2D eigenvalue weighted by Gasteiger charge is 2.38. The second-order valence-electron chi connectivity index (χ2n) is 6.42. The molecule has 0 N–H and O–H groups in total. The third-order valence-electron chi connectivity index (χ3n) is 5.00. The molecule has 0 spiro atoms. The molecule has 0 aromatic carbocycles. The van der Waals surface area contributed by atoms with Gasteiger partial charge >= 0.3 is 6.92 Å². The molecular weight excluding hydrogens is 247 g/mol. The molecule has 3 heteroatoms. The van der Waals surface area contributed by atoms with E-state index in [1.807, 2.05) is 19.9 Å². The van der Waals surface area contributed by atoms with Crippen molar-refractivity contribution < 1.29 is 9.39 Å². The van der Waals surface area contributed by atoms with Gasteiger partial charge in [-0.2, -0.15) is 0 Å². The van der Waals surface area contributed by atoms with Gasteiger partial charge in [-0.3, -0.25) is 0 Å². The summed E-state index contributed by atoms with van der Waals surface area (Å²) >= 11 is 0. The van der Waals surface area contributed by atoms with Crippen molar-refractivity contribution in [2.75, 3.05) is 6.61 Å². The van der Waals surface area contributed by atoms with Crippen LogP contribution < -0.4 is 0 Å². The van der Waals surface area contributed by atoms with Crippen molar-refractivity contribution in [2.45, 2.75) is 89.7 Å². The maximum absolute atomic E-state index is 6.36. The first-order chi connectivity index (χ1) is 9.85. The minimum atomic E-state index is 0.397. The zero-order valence-electron chi connectivity index (χ0n) is 13.4. The summed E-state index contributed by atoms with van der Waals surface area (Å²) in [5.41, 5.74) is 0. The molecule has 0 aromatic heterocycles. The summed E-state index contributed by atoms with van der Waals surface area (Å²) in [4.78, 5) is 0. The van der Waals surface area contributed by atoms with E-state index in [4.69, 9.17) is 9.39 Å². The number of allylic oxidation sites excluding steroid dienone is 1. The molecule has 0 heterocycles. The fraction of sp³-hybridized carbons (Fsp3) is 0.882. The second-order valence-corrected chi connectivity index (χ2v) is 6.42. The number of rotatable bonds is 6. The molecule has 2 aliphatic carbocycles. The smallest absolute Gasteiger partial charge is 0.368 e. The maximum Gasteiger partial charge on any atom is 0.368 e. The van der Waals surface area contributed by atoms with E-state index < -0.39 is 0 Å². The van der Waals surface area contributed by atoms with Crippen molar-refractivity contribution in [2.24, 2.45) is 0 Å². The van der Waals surface area contributed by atoms with Crippen molar-refractivity contribution in [3.05, 3.63) is 12.0 Å². The molecule has 2 aliphatic rings. The molecule has 0 atom stereocenters. The molecule has 114 valence electrons. The van der Waals surface area contributed by atoms with Crippen LogP contribution in [-0.4, -0.2) is 13.5 Å². The van der Waals surface area contributed by atoms with E-state index in [1.165, 1.54) is 64.2 Å². The number of ether oxygens (including phenoxy) is 1. The van der Waals surface area contributed by atoms with Gasteiger partial charge in [0.15, 0.2) is 0 Å². The Morgan fingerprint density at radius 2 is 1.45 bits per heavy atom. The van der Waals surface area contributed by atoms with E-state index in [1.54, 1.807) is 0 Å². The van der Waals surface area contributed by atoms with Crippen LogP contribution in [0.2, 0.25) is 11.6 Å². The Balaban J connectivity index is 2.01. The topological polar surface area (TPSA) is 18.5 Å². The largest absolute Gasteiger partial charge is 0.536 e. The van der Waals surface area contributed by atoms with Crippen LogP contribution in [0.3, 0.4) is 0 Å². The summed E-state index contributed by atoms with van der Waals surface area (Å²) in [5, 5.41) is 0. The van der Waals surface area contributed by atoms with Crippen molar-refractivity contribution in [1.29, 1.82) is 0 Å². The molecule has 2 fully saturated rings. The fourth-order valence-corrected chi connectivity index (χ4v) is 3.96. The van der Waals surface area contributed by atoms with Crippen LogP contribution in [0, 0.1) is 0 Å². The lowest BCUT2D eigenvalue weighted by Crippen LogP contribution is -2.33. The Kier molecular flexibility index (Phi) is 6.82. The standard InChI is InChI=1S/C17H31BO2/c1-3-17(19-4-2)20-18(15-11-7-5-8-12-15)16-13-9-6-10-14-16/h3,15-16H,4-14H2,1-2H3/b17-3+. The first kappa shape index (κ1) is 15.8. The summed E-state index contributed by atoms with van der Waals surface area (Å²) in [6.45, 7) is 5.14. The quantitative estimate of drug-likeness (QED) is 0.467. The highest BCUT2D eigenvalue weighted by atomic mass is 16.7. The van der Waals surface area contributed by atoms with E-state index in [0.717, 1.165) is 17.6 Å². The highest BCUT2D eigenvalue weighted by Crippen LogP contribution is 2.42. The minimum Gasteiger partial charge on any atom is -0.536 e. The predicted octanol–water partition coefficient (Wildman–Crippen LogP) is 5.56. The van der Waals surface area contributed by atoms with Crippen LogP contribution in [0.25, 0.3) is 0 Å². The van der Waals surface area contributed by atoms with Gasteiger partial charge in [0.05, 0.1) is 6.61 Å². The predicted molar refractivity (Wildman–Crippen MR) is 85.9 cm³/mol. The highest BCUT2D eigenvalue weighted by molar-refractivity contribution is 6.55. The Hall–Kier alpha value is -0.595. The van der Waals surface area contributed by atoms with Gasteiger partial charge in [-0.25, -0.2) is 0 Å². The Bertz CT molecular complexity index is 273. The molecule has 0 saturated heterocycles. The van der Waals surface area contributed by atoms with E-state index in [9.17, 15) is 0 Å². The summed E-state index contributed by atoms with van der Waals surface area (Å²) in [6.07, 6.45) is 15.8. The van der Waals surface area contributed by atoms with E-state index in [0.29, 0.717) is 13.5 Å². The van der Waals surface area contributed by atoms with Crippen LogP contribution in [-0.2, 0) is 9.39 Å². The molecule has 0 aliphatic heterocycles. The first-order valence-corrected chi connectivity index (χ1v) is 8.81. The lowest BCUT2D eigenvalue weighted by atomic mass is 9.42. The van der Waals surface area contributed by atoms with Gasteiger partial charge in [-0.1, -0.05) is 64.2 Å². The van der Waals surface area contributed by atoms with E-state index >= 15 is 0 Å². The SMILES string of the molecule is C/C=C(\OCC)OB(C1CCCCC1)C1CCCCC1. The minimum absolute atomic E-state index is 0.397. The fourth-order valence-electron chi connectivity index (χ4n) is 3.96. The van der Waals surface area contributed by atoms with Crippen LogP contribution in [0.1, 0.15) is 78.1 Å². The van der Waals surface area contributed by atoms with Gasteiger partial charge in [-0.05, 0) is 31.6 Å². The molecular formula is C17H31BO2. The molecule has 2 nitrogen and oxygen atoms in total. The van der Waals surface area contributed by atoms with E-state index in [2.05, 4.69) is 0 Å². The summed E-state index contributed by atoms with van der Waals surface area (Å²) in [6, 6.07) is 0. The number of hydrogen-bond acceptors (Lipinski definition) is 2. The lowest BCUT2D eigenvalue weighted by molar-refractivity contribution is 0.109. The monoisotopic (exact) mass is 278 g/mol. The first-order valence-electron chi connectivity index (χ1n) is 8.81. The molecule has 0 unspecified atom stereocenters. The summed E-state index contributed by atoms with van der Waals surface area (Å²) in [5.74, 6) is 2.26. The molecule has 2 saturated carbocycles. The molecule has 20 heavy (non-hydrogen) atoms. The maximum atomic E-state index is 6.36. The average Bonchev–Trinajstić information content (AvgIpc) is 2.53.